The summed E-state index contributed by atoms with van der Waals surface area (Å²) in [4.78, 5) is 13.8. The van der Waals surface area contributed by atoms with Crippen molar-refractivity contribution in [3.8, 4) is 0 Å². The van der Waals surface area contributed by atoms with Crippen molar-refractivity contribution in [3.63, 3.8) is 0 Å². The number of aromatic nitrogens is 4. The normalized spacial score (nSPS) is 11.2. The molecule has 0 aliphatic rings. The van der Waals surface area contributed by atoms with Gasteiger partial charge in [0.15, 0.2) is 4.96 Å². The maximum absolute atomic E-state index is 4.63. The van der Waals surface area contributed by atoms with Crippen LogP contribution in [0.3, 0.4) is 0 Å². The van der Waals surface area contributed by atoms with Gasteiger partial charge in [-0.1, -0.05) is 0 Å². The summed E-state index contributed by atoms with van der Waals surface area (Å²) in [6.07, 6.45) is 5.34. The Hall–Kier alpha value is -1.44. The van der Waals surface area contributed by atoms with E-state index >= 15 is 0 Å². The Balaban J connectivity index is 2.00. The third kappa shape index (κ3) is 2.12. The zero-order valence-electron chi connectivity index (χ0n) is 9.70. The topological polar surface area (TPSA) is 55.1 Å². The second-order valence-electron chi connectivity index (χ2n) is 3.60. The van der Waals surface area contributed by atoms with Crippen LogP contribution in [0.1, 0.15) is 5.69 Å². The zero-order valence-corrected chi connectivity index (χ0v) is 11.3. The lowest BCUT2D eigenvalue weighted by atomic mass is 10.5. The van der Waals surface area contributed by atoms with Crippen molar-refractivity contribution in [1.29, 1.82) is 0 Å². The molecule has 0 saturated carbocycles. The number of nitrogens with one attached hydrogen (secondary N) is 1. The number of hydrogen-bond acceptors (Lipinski definition) is 6. The molecule has 0 saturated heterocycles. The van der Waals surface area contributed by atoms with Crippen LogP contribution in [0.15, 0.2) is 40.2 Å². The molecule has 92 valence electrons. The molecule has 0 unspecified atom stereocenters. The van der Waals surface area contributed by atoms with Crippen molar-refractivity contribution >= 4 is 28.1 Å². The fraction of sp³-hybridized carbons (Fsp3) is 0.182. The molecule has 1 N–H and O–H groups in total. The molecule has 7 heteroatoms. The minimum Gasteiger partial charge on any atom is -0.314 e. The number of imidazole rings is 1. The van der Waals surface area contributed by atoms with Gasteiger partial charge in [0.05, 0.1) is 5.69 Å². The van der Waals surface area contributed by atoms with E-state index in [0.717, 1.165) is 27.3 Å². The number of hydrogen-bond donors (Lipinski definition) is 1. The van der Waals surface area contributed by atoms with Gasteiger partial charge in [0.25, 0.3) is 0 Å². The first-order valence-electron chi connectivity index (χ1n) is 5.41. The number of thiazole rings is 1. The van der Waals surface area contributed by atoms with Crippen LogP contribution in [0.2, 0.25) is 0 Å². The van der Waals surface area contributed by atoms with Gasteiger partial charge >= 0.3 is 0 Å². The Bertz CT molecular complexity index is 646. The monoisotopic (exact) mass is 277 g/mol. The van der Waals surface area contributed by atoms with Gasteiger partial charge in [0.1, 0.15) is 16.4 Å². The third-order valence-corrected chi connectivity index (χ3v) is 4.15. The maximum atomic E-state index is 4.63. The van der Waals surface area contributed by atoms with Crippen LogP contribution in [0.4, 0.5) is 0 Å². The van der Waals surface area contributed by atoms with Gasteiger partial charge in [0, 0.05) is 24.3 Å². The Morgan fingerprint density at radius 3 is 3.22 bits per heavy atom. The molecule has 0 aromatic carbocycles. The van der Waals surface area contributed by atoms with E-state index in [-0.39, 0.29) is 0 Å². The molecule has 3 aromatic rings. The van der Waals surface area contributed by atoms with Crippen molar-refractivity contribution < 1.29 is 0 Å². The molecule has 0 aliphatic heterocycles. The van der Waals surface area contributed by atoms with E-state index in [2.05, 4.69) is 24.7 Å². The molecule has 0 aliphatic carbocycles. The molecule has 0 bridgehead atoms. The molecule has 5 nitrogen and oxygen atoms in total. The standard InChI is InChI=1S/C11H11N5S2/c1-12-6-8-10(15-11-16(8)4-5-17-11)18-9-2-3-13-7-14-9/h2-5,7,12H,6H2,1H3. The lowest BCUT2D eigenvalue weighted by Crippen LogP contribution is -2.08. The van der Waals surface area contributed by atoms with Crippen molar-refractivity contribution in [2.45, 2.75) is 16.6 Å². The lowest BCUT2D eigenvalue weighted by molar-refractivity contribution is 0.765. The summed E-state index contributed by atoms with van der Waals surface area (Å²) in [5, 5.41) is 7.12. The average Bonchev–Trinajstić information content (AvgIpc) is 2.95. The van der Waals surface area contributed by atoms with Crippen LogP contribution in [-0.4, -0.2) is 26.4 Å². The average molecular weight is 277 g/mol. The van der Waals surface area contributed by atoms with Gasteiger partial charge in [-0.3, -0.25) is 4.40 Å². The number of fused-ring (bicyclic) bond motifs is 1. The fourth-order valence-electron chi connectivity index (χ4n) is 1.66. The first-order valence-corrected chi connectivity index (χ1v) is 7.11. The van der Waals surface area contributed by atoms with Gasteiger partial charge in [-0.05, 0) is 24.9 Å². The first-order chi connectivity index (χ1) is 8.88. The maximum Gasteiger partial charge on any atom is 0.194 e. The van der Waals surface area contributed by atoms with Crippen molar-refractivity contribution in [2.24, 2.45) is 0 Å². The molecule has 0 radical (unpaired) electrons. The number of nitrogens with zero attached hydrogens (tertiary/aromatic N) is 4. The predicted octanol–water partition coefficient (Wildman–Crippen LogP) is 2.06. The highest BCUT2D eigenvalue weighted by molar-refractivity contribution is 7.99. The van der Waals surface area contributed by atoms with E-state index in [1.807, 2.05) is 24.7 Å². The van der Waals surface area contributed by atoms with Crippen molar-refractivity contribution in [3.05, 3.63) is 35.9 Å². The summed E-state index contributed by atoms with van der Waals surface area (Å²) in [5.74, 6) is 0. The van der Waals surface area contributed by atoms with Gasteiger partial charge in [-0.25, -0.2) is 15.0 Å². The fourth-order valence-corrected chi connectivity index (χ4v) is 3.30. The smallest absolute Gasteiger partial charge is 0.194 e. The Morgan fingerprint density at radius 1 is 1.50 bits per heavy atom. The minimum absolute atomic E-state index is 0.783. The van der Waals surface area contributed by atoms with Gasteiger partial charge in [-0.15, -0.1) is 11.3 Å². The molecule has 18 heavy (non-hydrogen) atoms. The van der Waals surface area contributed by atoms with Crippen LogP contribution in [0.5, 0.6) is 0 Å². The van der Waals surface area contributed by atoms with Gasteiger partial charge < -0.3 is 5.32 Å². The summed E-state index contributed by atoms with van der Waals surface area (Å²) in [7, 11) is 1.94. The van der Waals surface area contributed by atoms with E-state index in [1.165, 1.54) is 0 Å². The largest absolute Gasteiger partial charge is 0.314 e. The third-order valence-electron chi connectivity index (χ3n) is 2.42. The predicted molar refractivity (Wildman–Crippen MR) is 72.0 cm³/mol. The van der Waals surface area contributed by atoms with E-state index in [4.69, 9.17) is 0 Å². The highest BCUT2D eigenvalue weighted by Crippen LogP contribution is 2.30. The second-order valence-corrected chi connectivity index (χ2v) is 5.48. The quantitative estimate of drug-likeness (QED) is 0.740. The molecule has 3 rings (SSSR count). The second kappa shape index (κ2) is 5.05. The van der Waals surface area contributed by atoms with Crippen molar-refractivity contribution in [2.75, 3.05) is 7.05 Å². The van der Waals surface area contributed by atoms with Gasteiger partial charge in [-0.2, -0.15) is 0 Å². The lowest BCUT2D eigenvalue weighted by Gasteiger charge is -2.02. The minimum atomic E-state index is 0.783. The molecule has 0 fully saturated rings. The molecule has 0 atom stereocenters. The van der Waals surface area contributed by atoms with E-state index in [9.17, 15) is 0 Å². The highest BCUT2D eigenvalue weighted by atomic mass is 32.2. The van der Waals surface area contributed by atoms with Crippen LogP contribution >= 0.6 is 23.1 Å². The van der Waals surface area contributed by atoms with Crippen LogP contribution in [-0.2, 0) is 6.54 Å². The Labute approximate surface area is 112 Å². The molecular formula is C11H11N5S2. The molecule has 3 aromatic heterocycles. The molecule has 3 heterocycles. The summed E-state index contributed by atoms with van der Waals surface area (Å²) in [5.41, 5.74) is 1.16. The highest BCUT2D eigenvalue weighted by Gasteiger charge is 2.13. The molecule has 0 amide bonds. The van der Waals surface area contributed by atoms with E-state index in [1.54, 1.807) is 35.6 Å². The molecular weight excluding hydrogens is 266 g/mol. The summed E-state index contributed by atoms with van der Waals surface area (Å²) in [6.45, 7) is 0.783. The summed E-state index contributed by atoms with van der Waals surface area (Å²) in [6, 6.07) is 1.89. The summed E-state index contributed by atoms with van der Waals surface area (Å²) >= 11 is 3.20. The zero-order chi connectivity index (χ0) is 12.4. The number of rotatable bonds is 4. The van der Waals surface area contributed by atoms with Crippen LogP contribution in [0, 0.1) is 0 Å². The SMILES string of the molecule is CNCc1c(Sc2ccncn2)nc2sccn12. The van der Waals surface area contributed by atoms with E-state index in [0.29, 0.717) is 0 Å². The first kappa shape index (κ1) is 11.6. The summed E-state index contributed by atoms with van der Waals surface area (Å²) < 4.78 is 2.12. The van der Waals surface area contributed by atoms with Crippen LogP contribution in [0.25, 0.3) is 4.96 Å². The van der Waals surface area contributed by atoms with Crippen molar-refractivity contribution in [1.82, 2.24) is 24.7 Å². The Morgan fingerprint density at radius 2 is 2.44 bits per heavy atom. The Kier molecular flexibility index (Phi) is 3.26. The molecule has 0 spiro atoms. The van der Waals surface area contributed by atoms with E-state index < -0.39 is 0 Å². The van der Waals surface area contributed by atoms with Gasteiger partial charge in [0.2, 0.25) is 0 Å². The van der Waals surface area contributed by atoms with Crippen LogP contribution < -0.4 is 5.32 Å².